The van der Waals surface area contributed by atoms with Crippen molar-refractivity contribution in [2.24, 2.45) is 0 Å². The molecule has 0 bridgehead atoms. The second kappa shape index (κ2) is 3.90. The van der Waals surface area contributed by atoms with E-state index in [1.54, 1.807) is 0 Å². The van der Waals surface area contributed by atoms with Gasteiger partial charge >= 0.3 is 0 Å². The molecule has 1 radical (unpaired) electrons. The van der Waals surface area contributed by atoms with Gasteiger partial charge in [-0.2, -0.15) is 5.26 Å². The summed E-state index contributed by atoms with van der Waals surface area (Å²) in [5.41, 5.74) is 5.44. The van der Waals surface area contributed by atoms with E-state index in [0.29, 0.717) is 0 Å². The third-order valence-electron chi connectivity index (χ3n) is 1.75. The topological polar surface area (TPSA) is 48.7 Å². The van der Waals surface area contributed by atoms with Gasteiger partial charge < -0.3 is 0 Å². The molecule has 0 saturated carbocycles. The molecule has 0 aliphatic rings. The Morgan fingerprint density at radius 1 is 1.50 bits per heavy atom. The van der Waals surface area contributed by atoms with E-state index in [9.17, 15) is 0 Å². The molecular formula is C10H6N3S. The fourth-order valence-electron chi connectivity index (χ4n) is 1.14. The maximum absolute atomic E-state index is 8.46. The zero-order chi connectivity index (χ0) is 9.80. The number of anilines is 1. The SMILES string of the molecule is N#CNc1cccc(-c2cs[c]n2)c1. The number of nitrogens with zero attached hydrogens (tertiary/aromatic N) is 2. The van der Waals surface area contributed by atoms with Crippen molar-refractivity contribution in [3.8, 4) is 17.5 Å². The monoisotopic (exact) mass is 200 g/mol. The van der Waals surface area contributed by atoms with Gasteiger partial charge in [-0.3, -0.25) is 5.32 Å². The van der Waals surface area contributed by atoms with Crippen LogP contribution in [0.3, 0.4) is 0 Å². The summed E-state index contributed by atoms with van der Waals surface area (Å²) in [6.07, 6.45) is 1.88. The number of thiazole rings is 1. The highest BCUT2D eigenvalue weighted by Gasteiger charge is 2.00. The lowest BCUT2D eigenvalue weighted by Gasteiger charge is -1.99. The lowest BCUT2D eigenvalue weighted by atomic mass is 10.1. The summed E-state index contributed by atoms with van der Waals surface area (Å²) in [4.78, 5) is 4.07. The summed E-state index contributed by atoms with van der Waals surface area (Å²) in [7, 11) is 0. The molecule has 0 unspecified atom stereocenters. The van der Waals surface area contributed by atoms with E-state index >= 15 is 0 Å². The van der Waals surface area contributed by atoms with Crippen molar-refractivity contribution >= 4 is 17.0 Å². The fraction of sp³-hybridized carbons (Fsp3) is 0. The third kappa shape index (κ3) is 1.73. The Labute approximate surface area is 85.7 Å². The van der Waals surface area contributed by atoms with Crippen LogP contribution in [0.15, 0.2) is 29.6 Å². The summed E-state index contributed by atoms with van der Waals surface area (Å²) in [6.45, 7) is 0. The Balaban J connectivity index is 2.37. The Morgan fingerprint density at radius 3 is 3.14 bits per heavy atom. The van der Waals surface area contributed by atoms with Crippen LogP contribution in [0, 0.1) is 17.0 Å². The molecule has 0 amide bonds. The highest BCUT2D eigenvalue weighted by atomic mass is 32.1. The first kappa shape index (κ1) is 8.73. The van der Waals surface area contributed by atoms with Gasteiger partial charge in [0.05, 0.1) is 5.69 Å². The molecule has 0 saturated heterocycles. The summed E-state index contributed by atoms with van der Waals surface area (Å²) in [5, 5.41) is 13.0. The van der Waals surface area contributed by atoms with E-state index < -0.39 is 0 Å². The van der Waals surface area contributed by atoms with Crippen molar-refractivity contribution in [3.63, 3.8) is 0 Å². The van der Waals surface area contributed by atoms with Crippen LogP contribution in [0.4, 0.5) is 5.69 Å². The van der Waals surface area contributed by atoms with E-state index in [1.807, 2.05) is 35.8 Å². The minimum absolute atomic E-state index is 0.776. The van der Waals surface area contributed by atoms with Crippen molar-refractivity contribution in [1.29, 1.82) is 5.26 Å². The second-order valence-electron chi connectivity index (χ2n) is 2.64. The number of rotatable bonds is 2. The summed E-state index contributed by atoms with van der Waals surface area (Å²) in [6, 6.07) is 7.55. The van der Waals surface area contributed by atoms with E-state index in [2.05, 4.69) is 15.8 Å². The zero-order valence-corrected chi connectivity index (χ0v) is 8.01. The molecule has 1 aromatic heterocycles. The van der Waals surface area contributed by atoms with Gasteiger partial charge in [-0.1, -0.05) is 12.1 Å². The molecule has 0 fully saturated rings. The van der Waals surface area contributed by atoms with E-state index in [1.165, 1.54) is 11.3 Å². The van der Waals surface area contributed by atoms with Crippen LogP contribution < -0.4 is 5.32 Å². The molecule has 2 rings (SSSR count). The molecule has 2 aromatic rings. The van der Waals surface area contributed by atoms with Crippen LogP contribution in [-0.4, -0.2) is 4.98 Å². The Morgan fingerprint density at radius 2 is 2.43 bits per heavy atom. The number of aromatic nitrogens is 1. The highest BCUT2D eigenvalue weighted by molar-refractivity contribution is 7.07. The second-order valence-corrected chi connectivity index (χ2v) is 3.30. The minimum atomic E-state index is 0.776. The van der Waals surface area contributed by atoms with E-state index in [4.69, 9.17) is 5.26 Å². The van der Waals surface area contributed by atoms with Crippen molar-refractivity contribution in [3.05, 3.63) is 35.2 Å². The highest BCUT2D eigenvalue weighted by Crippen LogP contribution is 2.21. The lowest BCUT2D eigenvalue weighted by molar-refractivity contribution is 1.39. The third-order valence-corrected chi connectivity index (χ3v) is 2.29. The van der Waals surface area contributed by atoms with Crippen LogP contribution in [0.2, 0.25) is 0 Å². The van der Waals surface area contributed by atoms with Gasteiger partial charge in [0.25, 0.3) is 0 Å². The summed E-state index contributed by atoms with van der Waals surface area (Å²) >= 11 is 1.43. The predicted octanol–water partition coefficient (Wildman–Crippen LogP) is 2.50. The normalized spacial score (nSPS) is 9.36. The number of hydrogen-bond donors (Lipinski definition) is 1. The first-order valence-electron chi connectivity index (χ1n) is 3.97. The predicted molar refractivity (Wildman–Crippen MR) is 55.6 cm³/mol. The molecule has 0 aliphatic carbocycles. The van der Waals surface area contributed by atoms with Gasteiger partial charge in [0.2, 0.25) is 0 Å². The molecule has 67 valence electrons. The maximum atomic E-state index is 8.46. The van der Waals surface area contributed by atoms with Gasteiger partial charge in [0, 0.05) is 16.6 Å². The zero-order valence-electron chi connectivity index (χ0n) is 7.19. The molecule has 4 heteroatoms. The molecular weight excluding hydrogens is 194 g/mol. The standard InChI is InChI=1S/C10H6N3S/c11-6-12-9-3-1-2-8(4-9)10-5-14-7-13-10/h1-5,12H. The average molecular weight is 200 g/mol. The fourth-order valence-corrected chi connectivity index (χ4v) is 1.64. The molecule has 1 N–H and O–H groups in total. The number of hydrogen-bond acceptors (Lipinski definition) is 4. The maximum Gasteiger partial charge on any atom is 0.181 e. The summed E-state index contributed by atoms with van der Waals surface area (Å²) in [5.74, 6) is 0. The molecule has 0 aliphatic heterocycles. The molecule has 3 nitrogen and oxygen atoms in total. The van der Waals surface area contributed by atoms with Crippen LogP contribution in [-0.2, 0) is 0 Å². The van der Waals surface area contributed by atoms with Gasteiger partial charge in [-0.05, 0) is 12.1 Å². The Kier molecular flexibility index (Phi) is 2.43. The van der Waals surface area contributed by atoms with Crippen molar-refractivity contribution in [2.45, 2.75) is 0 Å². The van der Waals surface area contributed by atoms with Gasteiger partial charge in [0.1, 0.15) is 0 Å². The first-order chi connectivity index (χ1) is 6.90. The van der Waals surface area contributed by atoms with Crippen molar-refractivity contribution in [2.75, 3.05) is 5.32 Å². The first-order valence-corrected chi connectivity index (χ1v) is 4.85. The Hall–Kier alpha value is -1.86. The molecule has 14 heavy (non-hydrogen) atoms. The smallest absolute Gasteiger partial charge is 0.181 e. The largest absolute Gasteiger partial charge is 0.293 e. The number of nitrogens with one attached hydrogen (secondary N) is 1. The molecule has 1 aromatic carbocycles. The van der Waals surface area contributed by atoms with Crippen LogP contribution in [0.5, 0.6) is 0 Å². The average Bonchev–Trinajstić information content (AvgIpc) is 2.71. The molecule has 1 heterocycles. The molecule has 0 spiro atoms. The van der Waals surface area contributed by atoms with E-state index in [-0.39, 0.29) is 0 Å². The lowest BCUT2D eigenvalue weighted by Crippen LogP contribution is -1.87. The van der Waals surface area contributed by atoms with Gasteiger partial charge in [-0.15, -0.1) is 11.3 Å². The molecule has 0 atom stereocenters. The minimum Gasteiger partial charge on any atom is -0.293 e. The number of benzene rings is 1. The van der Waals surface area contributed by atoms with E-state index in [0.717, 1.165) is 16.9 Å². The van der Waals surface area contributed by atoms with Crippen LogP contribution in [0.1, 0.15) is 0 Å². The van der Waals surface area contributed by atoms with Crippen molar-refractivity contribution < 1.29 is 0 Å². The Bertz CT molecular complexity index is 456. The number of nitriles is 1. The van der Waals surface area contributed by atoms with Crippen molar-refractivity contribution in [1.82, 2.24) is 4.98 Å². The van der Waals surface area contributed by atoms with Crippen LogP contribution in [0.25, 0.3) is 11.3 Å². The van der Waals surface area contributed by atoms with Gasteiger partial charge in [-0.25, -0.2) is 4.98 Å². The quantitative estimate of drug-likeness (QED) is 0.598. The van der Waals surface area contributed by atoms with Gasteiger partial charge in [0.15, 0.2) is 11.7 Å². The summed E-state index contributed by atoms with van der Waals surface area (Å²) < 4.78 is 0. The van der Waals surface area contributed by atoms with Crippen LogP contribution >= 0.6 is 11.3 Å².